The normalized spacial score (nSPS) is 13.0. The summed E-state index contributed by atoms with van der Waals surface area (Å²) in [5.41, 5.74) is 1.15. The van der Waals surface area contributed by atoms with Crippen molar-refractivity contribution >= 4 is 44.9 Å². The SMILES string of the molecule is O=S(O)Oc1ccc2c(c1)oc1c(Cl)cccc12. The number of halogens is 1. The van der Waals surface area contributed by atoms with E-state index in [4.69, 9.17) is 20.6 Å². The molecule has 6 heteroatoms. The van der Waals surface area contributed by atoms with Gasteiger partial charge in [0.25, 0.3) is 0 Å². The Morgan fingerprint density at radius 1 is 1.22 bits per heavy atom. The largest absolute Gasteiger partial charge is 0.454 e. The minimum atomic E-state index is -2.35. The maximum Gasteiger partial charge on any atom is 0.357 e. The average Bonchev–Trinajstić information content (AvgIpc) is 2.67. The molecule has 0 bridgehead atoms. The van der Waals surface area contributed by atoms with Crippen LogP contribution in [0.5, 0.6) is 5.75 Å². The fourth-order valence-electron chi connectivity index (χ4n) is 1.88. The second-order valence-electron chi connectivity index (χ2n) is 3.68. The standard InChI is InChI=1S/C12H7ClO4S/c13-10-3-1-2-9-8-5-4-7(17-18(14)15)6-11(8)16-12(9)10/h1-6H,(H,14,15). The molecule has 0 radical (unpaired) electrons. The molecule has 92 valence electrons. The van der Waals surface area contributed by atoms with E-state index in [0.29, 0.717) is 16.2 Å². The van der Waals surface area contributed by atoms with E-state index < -0.39 is 11.4 Å². The first kappa shape index (κ1) is 11.5. The van der Waals surface area contributed by atoms with Crippen LogP contribution in [0.2, 0.25) is 5.02 Å². The van der Waals surface area contributed by atoms with Gasteiger partial charge in [-0.1, -0.05) is 23.7 Å². The summed E-state index contributed by atoms with van der Waals surface area (Å²) in [6, 6.07) is 10.4. The lowest BCUT2D eigenvalue weighted by Crippen LogP contribution is -1.96. The molecular weight excluding hydrogens is 276 g/mol. The lowest BCUT2D eigenvalue weighted by molar-refractivity contribution is 0.458. The van der Waals surface area contributed by atoms with Gasteiger partial charge in [0.2, 0.25) is 0 Å². The lowest BCUT2D eigenvalue weighted by atomic mass is 10.1. The first-order valence-corrected chi connectivity index (χ1v) is 6.46. The van der Waals surface area contributed by atoms with E-state index in [1.165, 1.54) is 0 Å². The molecule has 4 nitrogen and oxygen atoms in total. The highest BCUT2D eigenvalue weighted by Gasteiger charge is 2.10. The van der Waals surface area contributed by atoms with E-state index >= 15 is 0 Å². The van der Waals surface area contributed by atoms with Crippen LogP contribution in [0.25, 0.3) is 21.9 Å². The van der Waals surface area contributed by atoms with E-state index in [1.54, 1.807) is 24.3 Å². The summed E-state index contributed by atoms with van der Waals surface area (Å²) in [6.45, 7) is 0. The van der Waals surface area contributed by atoms with Crippen molar-refractivity contribution in [2.75, 3.05) is 0 Å². The zero-order valence-corrected chi connectivity index (χ0v) is 10.5. The molecule has 3 aromatic rings. The highest BCUT2D eigenvalue weighted by Crippen LogP contribution is 2.34. The van der Waals surface area contributed by atoms with Crippen molar-refractivity contribution in [3.05, 3.63) is 41.4 Å². The molecule has 1 unspecified atom stereocenters. The minimum Gasteiger partial charge on any atom is -0.454 e. The van der Waals surface area contributed by atoms with Gasteiger partial charge in [-0.3, -0.25) is 4.55 Å². The molecule has 0 spiro atoms. The summed E-state index contributed by atoms with van der Waals surface area (Å²) in [4.78, 5) is 0. The van der Waals surface area contributed by atoms with Gasteiger partial charge in [-0.2, -0.15) is 4.21 Å². The van der Waals surface area contributed by atoms with Crippen molar-refractivity contribution in [1.29, 1.82) is 0 Å². The smallest absolute Gasteiger partial charge is 0.357 e. The molecule has 3 rings (SSSR count). The van der Waals surface area contributed by atoms with E-state index in [2.05, 4.69) is 4.18 Å². The number of fused-ring (bicyclic) bond motifs is 3. The molecule has 2 aromatic carbocycles. The monoisotopic (exact) mass is 282 g/mol. The average molecular weight is 283 g/mol. The Kier molecular flexibility index (Phi) is 2.74. The highest BCUT2D eigenvalue weighted by atomic mass is 35.5. The summed E-state index contributed by atoms with van der Waals surface area (Å²) >= 11 is 3.69. The molecule has 0 amide bonds. The van der Waals surface area contributed by atoms with Crippen LogP contribution in [0.15, 0.2) is 40.8 Å². The van der Waals surface area contributed by atoms with Crippen LogP contribution in [-0.2, 0) is 11.4 Å². The number of furan rings is 1. The summed E-state index contributed by atoms with van der Waals surface area (Å²) in [6.07, 6.45) is 0. The maximum absolute atomic E-state index is 10.6. The Balaban J connectivity index is 2.26. The molecule has 1 N–H and O–H groups in total. The number of para-hydroxylation sites is 1. The fourth-order valence-corrected chi connectivity index (χ4v) is 2.36. The quantitative estimate of drug-likeness (QED) is 0.727. The highest BCUT2D eigenvalue weighted by molar-refractivity contribution is 7.74. The second kappa shape index (κ2) is 4.28. The summed E-state index contributed by atoms with van der Waals surface area (Å²) in [5.74, 6) is 0.263. The van der Waals surface area contributed by atoms with Crippen LogP contribution in [0.3, 0.4) is 0 Å². The Bertz CT molecular complexity index is 765. The van der Waals surface area contributed by atoms with Crippen LogP contribution in [0.1, 0.15) is 0 Å². The third-order valence-electron chi connectivity index (χ3n) is 2.59. The van der Waals surface area contributed by atoms with Crippen molar-refractivity contribution in [2.24, 2.45) is 0 Å². The Morgan fingerprint density at radius 2 is 2.06 bits per heavy atom. The van der Waals surface area contributed by atoms with Crippen molar-refractivity contribution in [1.82, 2.24) is 0 Å². The van der Waals surface area contributed by atoms with Crippen LogP contribution in [0, 0.1) is 0 Å². The van der Waals surface area contributed by atoms with Crippen LogP contribution >= 0.6 is 11.6 Å². The number of hydrogen-bond acceptors (Lipinski definition) is 3. The Hall–Kier alpha value is -1.56. The van der Waals surface area contributed by atoms with Gasteiger partial charge in [0, 0.05) is 16.8 Å². The van der Waals surface area contributed by atoms with Gasteiger partial charge in [0.1, 0.15) is 11.3 Å². The van der Waals surface area contributed by atoms with E-state index in [-0.39, 0.29) is 5.75 Å². The van der Waals surface area contributed by atoms with Crippen molar-refractivity contribution < 1.29 is 17.4 Å². The topological polar surface area (TPSA) is 59.7 Å². The van der Waals surface area contributed by atoms with Gasteiger partial charge in [-0.15, -0.1) is 0 Å². The molecule has 1 atom stereocenters. The summed E-state index contributed by atoms with van der Waals surface area (Å²) < 4.78 is 29.5. The predicted molar refractivity (Wildman–Crippen MR) is 70.1 cm³/mol. The predicted octanol–water partition coefficient (Wildman–Crippen LogP) is 3.75. The zero-order valence-electron chi connectivity index (χ0n) is 8.92. The van der Waals surface area contributed by atoms with Crippen LogP contribution in [-0.4, -0.2) is 8.76 Å². The number of hydrogen-bond donors (Lipinski definition) is 1. The molecule has 0 aliphatic rings. The Labute approximate surface area is 110 Å². The van der Waals surface area contributed by atoms with Crippen molar-refractivity contribution in [3.8, 4) is 5.75 Å². The summed E-state index contributed by atoms with van der Waals surface area (Å²) in [5, 5.41) is 2.30. The molecule has 0 aliphatic carbocycles. The molecule has 0 aliphatic heterocycles. The van der Waals surface area contributed by atoms with Gasteiger partial charge < -0.3 is 8.60 Å². The van der Waals surface area contributed by atoms with Crippen LogP contribution in [0.4, 0.5) is 0 Å². The third-order valence-corrected chi connectivity index (χ3v) is 3.22. The molecule has 0 saturated carbocycles. The van der Waals surface area contributed by atoms with Crippen molar-refractivity contribution in [2.45, 2.75) is 0 Å². The maximum atomic E-state index is 10.6. The molecule has 1 heterocycles. The fraction of sp³-hybridized carbons (Fsp3) is 0. The first-order chi connectivity index (χ1) is 8.65. The zero-order chi connectivity index (χ0) is 12.7. The Morgan fingerprint density at radius 3 is 2.83 bits per heavy atom. The molecule has 1 aromatic heterocycles. The van der Waals surface area contributed by atoms with E-state index in [9.17, 15) is 4.21 Å². The molecule has 0 fully saturated rings. The molecule has 0 saturated heterocycles. The minimum absolute atomic E-state index is 0.263. The van der Waals surface area contributed by atoms with Gasteiger partial charge in [0.15, 0.2) is 5.58 Å². The van der Waals surface area contributed by atoms with Crippen molar-refractivity contribution in [3.63, 3.8) is 0 Å². The van der Waals surface area contributed by atoms with E-state index in [0.717, 1.165) is 10.8 Å². The molecule has 18 heavy (non-hydrogen) atoms. The summed E-state index contributed by atoms with van der Waals surface area (Å²) in [7, 11) is 0. The second-order valence-corrected chi connectivity index (χ2v) is 4.69. The van der Waals surface area contributed by atoms with Gasteiger partial charge in [0.05, 0.1) is 5.02 Å². The first-order valence-electron chi connectivity index (χ1n) is 5.05. The van der Waals surface area contributed by atoms with Gasteiger partial charge in [-0.25, -0.2) is 0 Å². The van der Waals surface area contributed by atoms with Gasteiger partial charge >= 0.3 is 11.4 Å². The number of benzene rings is 2. The van der Waals surface area contributed by atoms with Crippen LogP contribution < -0.4 is 4.18 Å². The third kappa shape index (κ3) is 1.86. The lowest BCUT2D eigenvalue weighted by Gasteiger charge is -1.98. The molecular formula is C12H7ClO4S. The number of rotatable bonds is 2. The van der Waals surface area contributed by atoms with E-state index in [1.807, 2.05) is 12.1 Å². The van der Waals surface area contributed by atoms with Gasteiger partial charge in [-0.05, 0) is 18.2 Å².